The summed E-state index contributed by atoms with van der Waals surface area (Å²) in [5.74, 6) is -2.50. The number of aromatic nitrogens is 3. The molecule has 0 saturated carbocycles. The number of benzene rings is 2. The molecule has 238 valence electrons. The Morgan fingerprint density at radius 3 is 2.56 bits per heavy atom. The Labute approximate surface area is 256 Å². The van der Waals surface area contributed by atoms with Crippen LogP contribution in [-0.2, 0) is 28.7 Å². The lowest BCUT2D eigenvalue weighted by molar-refractivity contribution is -0.160. The van der Waals surface area contributed by atoms with Crippen molar-refractivity contribution in [2.24, 2.45) is 0 Å². The number of nitrogens with one attached hydrogen (secondary N) is 1. The van der Waals surface area contributed by atoms with Crippen molar-refractivity contribution in [2.45, 2.75) is 71.9 Å². The zero-order chi connectivity index (χ0) is 32.8. The lowest BCUT2D eigenvalue weighted by Gasteiger charge is -2.28. The SMILES string of the molecule is Cc1nc2cc(C(=O)NCc3cccc(C(F)(F)F)c3)nn2c(-c2cc(F)c3c(c2C)CCCO3)c1[C@H](OC(C)(C)C)C(=O)O. The molecule has 1 aliphatic heterocycles. The third kappa shape index (κ3) is 6.48. The number of carboxylic acid groups (broad SMARTS) is 1. The van der Waals surface area contributed by atoms with E-state index in [1.54, 1.807) is 34.6 Å². The highest BCUT2D eigenvalue weighted by molar-refractivity contribution is 5.93. The number of amides is 1. The van der Waals surface area contributed by atoms with E-state index >= 15 is 4.39 Å². The van der Waals surface area contributed by atoms with Crippen LogP contribution in [0.15, 0.2) is 36.4 Å². The second kappa shape index (κ2) is 11.8. The summed E-state index contributed by atoms with van der Waals surface area (Å²) in [6.45, 7) is 8.63. The fourth-order valence-corrected chi connectivity index (χ4v) is 5.44. The standard InChI is InChI=1S/C32H32F4N4O5/c1-16-20-10-7-11-44-27(20)22(33)13-21(16)26-25(28(30(42)43)45-31(3,4)5)17(2)38-24-14-23(39-40(24)26)29(41)37-15-18-8-6-9-19(12-18)32(34,35)36/h6,8-9,12-14,28H,7,10-11,15H2,1-5H3,(H,37,41)(H,42,43)/t28-/m0/s1. The summed E-state index contributed by atoms with van der Waals surface area (Å²) >= 11 is 0. The normalized spacial score (nSPS) is 14.2. The molecule has 1 aliphatic rings. The maximum absolute atomic E-state index is 15.5. The van der Waals surface area contributed by atoms with Gasteiger partial charge in [0, 0.05) is 35.0 Å². The molecule has 2 N–H and O–H groups in total. The van der Waals surface area contributed by atoms with Crippen LogP contribution in [0.2, 0.25) is 0 Å². The van der Waals surface area contributed by atoms with Crippen molar-refractivity contribution >= 4 is 17.5 Å². The highest BCUT2D eigenvalue weighted by Gasteiger charge is 2.35. The number of carboxylic acids is 1. The molecule has 2 aromatic carbocycles. The largest absolute Gasteiger partial charge is 0.490 e. The van der Waals surface area contributed by atoms with Gasteiger partial charge in [0.1, 0.15) is 0 Å². The number of carbonyl (C=O) groups is 2. The molecule has 1 amide bonds. The molecule has 0 radical (unpaired) electrons. The van der Waals surface area contributed by atoms with Crippen LogP contribution in [0, 0.1) is 19.7 Å². The maximum Gasteiger partial charge on any atom is 0.416 e. The third-order valence-corrected chi connectivity index (χ3v) is 7.42. The molecule has 2 aromatic heterocycles. The number of nitrogens with zero attached hydrogens (tertiary/aromatic N) is 3. The first kappa shape index (κ1) is 31.9. The molecular formula is C32H32F4N4O5. The first-order valence-electron chi connectivity index (χ1n) is 14.3. The van der Waals surface area contributed by atoms with Crippen LogP contribution in [0.1, 0.15) is 77.3 Å². The second-order valence-corrected chi connectivity index (χ2v) is 11.9. The zero-order valence-electron chi connectivity index (χ0n) is 25.3. The number of aliphatic carboxylic acids is 1. The molecule has 1 atom stereocenters. The molecule has 0 spiro atoms. The van der Waals surface area contributed by atoms with Crippen LogP contribution in [0.3, 0.4) is 0 Å². The van der Waals surface area contributed by atoms with Gasteiger partial charge < -0.3 is 19.9 Å². The average Bonchev–Trinajstić information content (AvgIpc) is 3.39. The molecule has 3 heterocycles. The van der Waals surface area contributed by atoms with Gasteiger partial charge in [0.2, 0.25) is 0 Å². The van der Waals surface area contributed by atoms with E-state index in [1.807, 2.05) is 0 Å². The molecule has 45 heavy (non-hydrogen) atoms. The van der Waals surface area contributed by atoms with Crippen molar-refractivity contribution in [3.63, 3.8) is 0 Å². The van der Waals surface area contributed by atoms with Crippen molar-refractivity contribution in [1.82, 2.24) is 19.9 Å². The summed E-state index contributed by atoms with van der Waals surface area (Å²) in [6.07, 6.45) is -4.87. The van der Waals surface area contributed by atoms with Gasteiger partial charge in [-0.15, -0.1) is 0 Å². The van der Waals surface area contributed by atoms with E-state index < -0.39 is 41.1 Å². The highest BCUT2D eigenvalue weighted by Crippen LogP contribution is 2.41. The topological polar surface area (TPSA) is 115 Å². The predicted molar refractivity (Wildman–Crippen MR) is 155 cm³/mol. The van der Waals surface area contributed by atoms with Gasteiger partial charge in [0.15, 0.2) is 29.0 Å². The molecule has 9 nitrogen and oxygen atoms in total. The van der Waals surface area contributed by atoms with Gasteiger partial charge in [-0.1, -0.05) is 12.1 Å². The smallest absolute Gasteiger partial charge is 0.416 e. The van der Waals surface area contributed by atoms with Crippen molar-refractivity contribution in [3.8, 4) is 17.0 Å². The van der Waals surface area contributed by atoms with Crippen molar-refractivity contribution < 1.29 is 41.7 Å². The minimum Gasteiger partial charge on any atom is -0.490 e. The number of aryl methyl sites for hydroxylation is 1. The summed E-state index contributed by atoms with van der Waals surface area (Å²) in [5, 5.41) is 17.3. The van der Waals surface area contributed by atoms with Crippen molar-refractivity contribution in [1.29, 1.82) is 0 Å². The van der Waals surface area contributed by atoms with E-state index in [4.69, 9.17) is 9.47 Å². The summed E-state index contributed by atoms with van der Waals surface area (Å²) < 4.78 is 67.8. The van der Waals surface area contributed by atoms with Crippen LogP contribution >= 0.6 is 0 Å². The number of ether oxygens (including phenoxy) is 2. The lowest BCUT2D eigenvalue weighted by Crippen LogP contribution is -2.29. The molecule has 0 aliphatic carbocycles. The fraction of sp³-hybridized carbons (Fsp3) is 0.375. The monoisotopic (exact) mass is 628 g/mol. The summed E-state index contributed by atoms with van der Waals surface area (Å²) in [4.78, 5) is 30.4. The molecule has 4 aromatic rings. The van der Waals surface area contributed by atoms with Crippen LogP contribution in [-0.4, -0.2) is 43.8 Å². The number of fused-ring (bicyclic) bond motifs is 2. The fourth-order valence-electron chi connectivity index (χ4n) is 5.44. The van der Waals surface area contributed by atoms with Crippen LogP contribution in [0.4, 0.5) is 17.6 Å². The highest BCUT2D eigenvalue weighted by atomic mass is 19.4. The number of hydrogen-bond donors (Lipinski definition) is 2. The maximum atomic E-state index is 15.5. The number of rotatable bonds is 7. The van der Waals surface area contributed by atoms with E-state index in [9.17, 15) is 27.9 Å². The number of halogens is 4. The van der Waals surface area contributed by atoms with Gasteiger partial charge in [0.05, 0.1) is 23.5 Å². The molecule has 5 rings (SSSR count). The van der Waals surface area contributed by atoms with Gasteiger partial charge >= 0.3 is 12.1 Å². The van der Waals surface area contributed by atoms with Gasteiger partial charge in [-0.3, -0.25) is 4.79 Å². The van der Waals surface area contributed by atoms with E-state index in [2.05, 4.69) is 15.4 Å². The molecular weight excluding hydrogens is 596 g/mol. The van der Waals surface area contributed by atoms with E-state index in [0.717, 1.165) is 12.1 Å². The van der Waals surface area contributed by atoms with Crippen LogP contribution in [0.5, 0.6) is 5.75 Å². The summed E-state index contributed by atoms with van der Waals surface area (Å²) in [5.41, 5.74) is 0.698. The summed E-state index contributed by atoms with van der Waals surface area (Å²) in [7, 11) is 0. The second-order valence-electron chi connectivity index (χ2n) is 11.9. The van der Waals surface area contributed by atoms with Crippen molar-refractivity contribution in [3.05, 3.63) is 81.4 Å². The predicted octanol–water partition coefficient (Wildman–Crippen LogP) is 6.37. The van der Waals surface area contributed by atoms with E-state index in [0.29, 0.717) is 36.1 Å². The average molecular weight is 629 g/mol. The Morgan fingerprint density at radius 2 is 1.89 bits per heavy atom. The molecule has 0 saturated heterocycles. The minimum atomic E-state index is -4.54. The molecule has 0 fully saturated rings. The van der Waals surface area contributed by atoms with Gasteiger partial charge in [0.25, 0.3) is 5.91 Å². The molecule has 0 bridgehead atoms. The Kier molecular flexibility index (Phi) is 8.34. The first-order chi connectivity index (χ1) is 21.0. The van der Waals surface area contributed by atoms with Crippen LogP contribution < -0.4 is 10.1 Å². The van der Waals surface area contributed by atoms with Gasteiger partial charge in [-0.2, -0.15) is 18.3 Å². The Hall–Kier alpha value is -4.52. The van der Waals surface area contributed by atoms with E-state index in [-0.39, 0.29) is 46.2 Å². The summed E-state index contributed by atoms with van der Waals surface area (Å²) in [6, 6.07) is 7.20. The van der Waals surface area contributed by atoms with E-state index in [1.165, 1.54) is 28.8 Å². The Balaban J connectivity index is 1.65. The third-order valence-electron chi connectivity index (χ3n) is 7.42. The minimum absolute atomic E-state index is 0.128. The number of hydrogen-bond acceptors (Lipinski definition) is 6. The van der Waals surface area contributed by atoms with Gasteiger partial charge in [-0.05, 0) is 76.8 Å². The lowest BCUT2D eigenvalue weighted by atomic mass is 9.91. The Morgan fingerprint density at radius 1 is 1.16 bits per heavy atom. The molecule has 13 heteroatoms. The van der Waals surface area contributed by atoms with Crippen molar-refractivity contribution in [2.75, 3.05) is 6.61 Å². The van der Waals surface area contributed by atoms with Gasteiger partial charge in [-0.25, -0.2) is 18.7 Å². The molecule has 0 unspecified atom stereocenters. The Bertz CT molecular complexity index is 1810. The zero-order valence-corrected chi connectivity index (χ0v) is 25.3. The van der Waals surface area contributed by atoms with Crippen LogP contribution in [0.25, 0.3) is 16.9 Å². The quantitative estimate of drug-likeness (QED) is 0.229. The first-order valence-corrected chi connectivity index (χ1v) is 14.3. The number of alkyl halides is 3. The number of carbonyl (C=O) groups excluding carboxylic acids is 1.